The predicted octanol–water partition coefficient (Wildman–Crippen LogP) is 5.41. The number of thiazole rings is 1. The fourth-order valence-corrected chi connectivity index (χ4v) is 5.22. The van der Waals surface area contributed by atoms with Crippen LogP contribution in [0.1, 0.15) is 27.2 Å². The second kappa shape index (κ2) is 10.1. The summed E-state index contributed by atoms with van der Waals surface area (Å²) in [5, 5.41) is 2.00. The first-order valence-electron chi connectivity index (χ1n) is 10.2. The van der Waals surface area contributed by atoms with Crippen LogP contribution in [-0.4, -0.2) is 46.9 Å². The van der Waals surface area contributed by atoms with Crippen LogP contribution in [0.4, 0.5) is 13.2 Å². The van der Waals surface area contributed by atoms with E-state index in [-0.39, 0.29) is 5.91 Å². The number of piperazine rings is 1. The minimum absolute atomic E-state index is 0.00917. The Kier molecular flexibility index (Phi) is 7.17. The van der Waals surface area contributed by atoms with Gasteiger partial charge in [0.2, 0.25) is 0 Å². The molecule has 0 aliphatic carbocycles. The van der Waals surface area contributed by atoms with E-state index in [9.17, 15) is 18.0 Å². The molecule has 0 radical (unpaired) electrons. The lowest BCUT2D eigenvalue weighted by molar-refractivity contribution is -0.137. The molecular weight excluding hydrogens is 455 g/mol. The summed E-state index contributed by atoms with van der Waals surface area (Å²) in [6, 6.07) is 13.0. The van der Waals surface area contributed by atoms with Gasteiger partial charge in [0.05, 0.1) is 22.3 Å². The molecule has 1 saturated heterocycles. The number of carbonyl (C=O) groups is 1. The number of aromatic nitrogens is 1. The first-order chi connectivity index (χ1) is 15.4. The maximum Gasteiger partial charge on any atom is 0.416 e. The van der Waals surface area contributed by atoms with Gasteiger partial charge in [-0.05, 0) is 23.8 Å². The van der Waals surface area contributed by atoms with Crippen LogP contribution < -0.4 is 0 Å². The molecule has 3 aromatic rings. The van der Waals surface area contributed by atoms with Gasteiger partial charge in [-0.1, -0.05) is 30.3 Å². The first kappa shape index (κ1) is 22.8. The normalized spacial score (nSPS) is 15.2. The third kappa shape index (κ3) is 5.70. The Morgan fingerprint density at radius 2 is 1.84 bits per heavy atom. The molecule has 9 heteroatoms. The van der Waals surface area contributed by atoms with Gasteiger partial charge in [0.1, 0.15) is 0 Å². The molecule has 0 N–H and O–H groups in total. The largest absolute Gasteiger partial charge is 0.416 e. The molecule has 168 valence electrons. The van der Waals surface area contributed by atoms with E-state index >= 15 is 0 Å². The van der Waals surface area contributed by atoms with Crippen LogP contribution in [-0.2, 0) is 18.5 Å². The summed E-state index contributed by atoms with van der Waals surface area (Å²) >= 11 is 3.15. The first-order valence-corrected chi connectivity index (χ1v) is 12.1. The Morgan fingerprint density at radius 1 is 1.06 bits per heavy atom. The van der Waals surface area contributed by atoms with Crippen LogP contribution in [0.2, 0.25) is 0 Å². The van der Waals surface area contributed by atoms with Crippen LogP contribution in [0.3, 0.4) is 0 Å². The van der Waals surface area contributed by atoms with Crippen LogP contribution >= 0.6 is 23.1 Å². The van der Waals surface area contributed by atoms with E-state index in [1.807, 2.05) is 34.5 Å². The van der Waals surface area contributed by atoms with Crippen molar-refractivity contribution in [1.82, 2.24) is 14.8 Å². The summed E-state index contributed by atoms with van der Waals surface area (Å²) in [6.07, 6.45) is -4.34. The molecule has 4 rings (SSSR count). The second-order valence-electron chi connectivity index (χ2n) is 7.53. The molecule has 1 aromatic heterocycles. The molecule has 4 nitrogen and oxygen atoms in total. The maximum atomic E-state index is 13.2. The van der Waals surface area contributed by atoms with Crippen LogP contribution in [0.5, 0.6) is 0 Å². The second-order valence-corrected chi connectivity index (χ2v) is 9.27. The third-order valence-corrected chi connectivity index (χ3v) is 7.04. The lowest BCUT2D eigenvalue weighted by Gasteiger charge is -2.35. The molecule has 2 aromatic carbocycles. The zero-order valence-corrected chi connectivity index (χ0v) is 18.8. The zero-order valence-electron chi connectivity index (χ0n) is 17.2. The molecule has 0 bridgehead atoms. The molecule has 0 saturated carbocycles. The number of thioether (sulfide) groups is 1. The average Bonchev–Trinajstić information content (AvgIpc) is 3.31. The van der Waals surface area contributed by atoms with E-state index in [1.54, 1.807) is 34.7 Å². The molecule has 0 atom stereocenters. The number of hydrogen-bond donors (Lipinski definition) is 0. The van der Waals surface area contributed by atoms with Crippen molar-refractivity contribution in [3.05, 3.63) is 81.8 Å². The molecule has 1 amide bonds. The van der Waals surface area contributed by atoms with Gasteiger partial charge in [0, 0.05) is 48.8 Å². The fraction of sp³-hybridized carbons (Fsp3) is 0.304. The minimum Gasteiger partial charge on any atom is -0.336 e. The number of alkyl halides is 3. The topological polar surface area (TPSA) is 36.4 Å². The van der Waals surface area contributed by atoms with Crippen LogP contribution in [0, 0.1) is 0 Å². The Bertz CT molecular complexity index is 1050. The van der Waals surface area contributed by atoms with Crippen LogP contribution in [0.25, 0.3) is 0 Å². The van der Waals surface area contributed by atoms with E-state index < -0.39 is 11.7 Å². The van der Waals surface area contributed by atoms with Crippen molar-refractivity contribution in [1.29, 1.82) is 0 Å². The Labute approximate surface area is 193 Å². The maximum absolute atomic E-state index is 13.2. The molecule has 1 aliphatic heterocycles. The highest BCUT2D eigenvalue weighted by Crippen LogP contribution is 2.30. The quantitative estimate of drug-likeness (QED) is 0.445. The number of nitrogens with zero attached hydrogens (tertiary/aromatic N) is 3. The monoisotopic (exact) mass is 477 g/mol. The molecule has 2 heterocycles. The number of benzene rings is 2. The molecular formula is C23H22F3N3OS2. The van der Waals surface area contributed by atoms with Crippen molar-refractivity contribution in [2.24, 2.45) is 0 Å². The predicted molar refractivity (Wildman–Crippen MR) is 121 cm³/mol. The van der Waals surface area contributed by atoms with Gasteiger partial charge >= 0.3 is 6.18 Å². The minimum atomic E-state index is -4.34. The van der Waals surface area contributed by atoms with E-state index in [2.05, 4.69) is 9.88 Å². The molecule has 0 unspecified atom stereocenters. The summed E-state index contributed by atoms with van der Waals surface area (Å²) in [5.74, 6) is 0.698. The highest BCUT2D eigenvalue weighted by molar-refractivity contribution is 7.98. The van der Waals surface area contributed by atoms with Gasteiger partial charge in [0.25, 0.3) is 5.91 Å². The van der Waals surface area contributed by atoms with Crippen molar-refractivity contribution in [2.75, 3.05) is 26.2 Å². The van der Waals surface area contributed by atoms with E-state index in [0.717, 1.165) is 16.7 Å². The Balaban J connectivity index is 1.35. The number of carbonyl (C=O) groups excluding carboxylic acids is 1. The summed E-state index contributed by atoms with van der Waals surface area (Å²) in [4.78, 5) is 22.3. The van der Waals surface area contributed by atoms with Gasteiger partial charge in [-0.2, -0.15) is 13.2 Å². The van der Waals surface area contributed by atoms with Gasteiger partial charge in [0.15, 0.2) is 0 Å². The lowest BCUT2D eigenvalue weighted by Crippen LogP contribution is -2.48. The standard InChI is InChI=1S/C23H22F3N3OS2/c24-23(25,26)18-5-3-4-17(12-18)13-28-8-10-29(11-9-28)22(30)20-6-1-2-7-21(20)32-15-19-14-31-16-27-19/h1-7,12,14,16H,8-11,13,15H2. The summed E-state index contributed by atoms with van der Waals surface area (Å²) in [5.41, 5.74) is 3.47. The van der Waals surface area contributed by atoms with E-state index in [0.29, 0.717) is 49.6 Å². The smallest absolute Gasteiger partial charge is 0.336 e. The van der Waals surface area contributed by atoms with E-state index in [1.165, 1.54) is 12.1 Å². The number of hydrogen-bond acceptors (Lipinski definition) is 5. The molecule has 0 spiro atoms. The van der Waals surface area contributed by atoms with Crippen molar-refractivity contribution in [3.63, 3.8) is 0 Å². The van der Waals surface area contributed by atoms with Gasteiger partial charge in [-0.15, -0.1) is 23.1 Å². The summed E-state index contributed by atoms with van der Waals surface area (Å²) < 4.78 is 38.9. The molecule has 32 heavy (non-hydrogen) atoms. The van der Waals surface area contributed by atoms with Crippen molar-refractivity contribution >= 4 is 29.0 Å². The molecule has 1 fully saturated rings. The summed E-state index contributed by atoms with van der Waals surface area (Å²) in [7, 11) is 0. The SMILES string of the molecule is O=C(c1ccccc1SCc1cscn1)N1CCN(Cc2cccc(C(F)(F)F)c2)CC1. The third-order valence-electron chi connectivity index (χ3n) is 5.30. The summed E-state index contributed by atoms with van der Waals surface area (Å²) in [6.45, 7) is 2.77. The molecule has 1 aliphatic rings. The number of halogens is 3. The lowest BCUT2D eigenvalue weighted by atomic mass is 10.1. The Morgan fingerprint density at radius 3 is 2.56 bits per heavy atom. The highest BCUT2D eigenvalue weighted by Gasteiger charge is 2.30. The number of rotatable bonds is 6. The Hall–Kier alpha value is -2.36. The van der Waals surface area contributed by atoms with Crippen molar-refractivity contribution < 1.29 is 18.0 Å². The van der Waals surface area contributed by atoms with Gasteiger partial charge in [-0.25, -0.2) is 4.98 Å². The van der Waals surface area contributed by atoms with Gasteiger partial charge in [-0.3, -0.25) is 9.69 Å². The average molecular weight is 478 g/mol. The van der Waals surface area contributed by atoms with Gasteiger partial charge < -0.3 is 4.90 Å². The zero-order chi connectivity index (χ0) is 22.6. The highest BCUT2D eigenvalue weighted by atomic mass is 32.2. The van der Waals surface area contributed by atoms with Crippen LogP contribution in [0.15, 0.2) is 64.3 Å². The van der Waals surface area contributed by atoms with Crippen molar-refractivity contribution in [3.8, 4) is 0 Å². The van der Waals surface area contributed by atoms with E-state index in [4.69, 9.17) is 0 Å². The number of amides is 1. The van der Waals surface area contributed by atoms with Crippen molar-refractivity contribution in [2.45, 2.75) is 23.4 Å². The fourth-order valence-electron chi connectivity index (χ4n) is 3.61.